The Morgan fingerprint density at radius 1 is 1.36 bits per heavy atom. The number of halogens is 1. The molecule has 1 atom stereocenters. The number of allylic oxidation sites excluding steroid dienone is 2. The highest BCUT2D eigenvalue weighted by molar-refractivity contribution is 9.11. The van der Waals surface area contributed by atoms with E-state index in [1.54, 1.807) is 0 Å². The Morgan fingerprint density at radius 3 is 2.68 bits per heavy atom. The Labute approximate surface area is 144 Å². The van der Waals surface area contributed by atoms with Gasteiger partial charge in [0.1, 0.15) is 0 Å². The monoisotopic (exact) mass is 364 g/mol. The highest BCUT2D eigenvalue weighted by Gasteiger charge is 2.10. The van der Waals surface area contributed by atoms with Crippen molar-refractivity contribution in [1.82, 2.24) is 5.32 Å². The maximum absolute atomic E-state index is 3.87. The maximum Gasteiger partial charge on any atom is 0.0751 e. The van der Waals surface area contributed by atoms with Crippen molar-refractivity contribution < 1.29 is 0 Å². The van der Waals surface area contributed by atoms with Gasteiger partial charge in [0.05, 0.1) is 4.61 Å². The fraction of sp³-hybridized carbons (Fsp3) is 0.474. The van der Waals surface area contributed by atoms with E-state index in [9.17, 15) is 0 Å². The van der Waals surface area contributed by atoms with E-state index < -0.39 is 0 Å². The van der Waals surface area contributed by atoms with Crippen LogP contribution in [0.1, 0.15) is 57.6 Å². The molecule has 1 unspecified atom stereocenters. The lowest BCUT2D eigenvalue weighted by atomic mass is 9.94. The Kier molecular flexibility index (Phi) is 8.32. The van der Waals surface area contributed by atoms with Gasteiger partial charge >= 0.3 is 0 Å². The van der Waals surface area contributed by atoms with Crippen molar-refractivity contribution in [2.24, 2.45) is 0 Å². The Morgan fingerprint density at radius 2 is 2.09 bits per heavy atom. The highest BCUT2D eigenvalue weighted by Crippen LogP contribution is 2.29. The first-order valence-electron chi connectivity index (χ1n) is 8.12. The third-order valence-electron chi connectivity index (χ3n) is 3.86. The molecular formula is C19H29BrN2. The van der Waals surface area contributed by atoms with E-state index >= 15 is 0 Å². The smallest absolute Gasteiger partial charge is 0.0751 e. The van der Waals surface area contributed by atoms with Gasteiger partial charge in [-0.15, -0.1) is 0 Å². The van der Waals surface area contributed by atoms with Crippen LogP contribution in [0, 0.1) is 0 Å². The summed E-state index contributed by atoms with van der Waals surface area (Å²) in [4.78, 5) is 0. The van der Waals surface area contributed by atoms with Gasteiger partial charge in [0.2, 0.25) is 0 Å². The number of anilines is 1. The molecule has 1 rings (SSSR count). The van der Waals surface area contributed by atoms with Gasteiger partial charge in [-0.1, -0.05) is 45.6 Å². The van der Waals surface area contributed by atoms with Gasteiger partial charge in [0.25, 0.3) is 0 Å². The van der Waals surface area contributed by atoms with Gasteiger partial charge in [-0.3, -0.25) is 0 Å². The van der Waals surface area contributed by atoms with Crippen LogP contribution < -0.4 is 10.6 Å². The van der Waals surface area contributed by atoms with Gasteiger partial charge in [0.15, 0.2) is 0 Å². The quantitative estimate of drug-likeness (QED) is 0.531. The largest absolute Gasteiger partial charge is 0.388 e. The predicted molar refractivity (Wildman–Crippen MR) is 103 cm³/mol. The minimum atomic E-state index is 0.531. The molecule has 2 nitrogen and oxygen atoms in total. The minimum Gasteiger partial charge on any atom is -0.388 e. The van der Waals surface area contributed by atoms with E-state index in [-0.39, 0.29) is 0 Å². The SMILES string of the molecule is C=C(Br)Nc1ccc(CCN/C(C)=C\CC)cc1C(C)CC. The number of benzene rings is 1. The molecule has 0 bridgehead atoms. The van der Waals surface area contributed by atoms with Crippen LogP contribution in [0.2, 0.25) is 0 Å². The van der Waals surface area contributed by atoms with E-state index in [1.165, 1.54) is 16.8 Å². The minimum absolute atomic E-state index is 0.531. The van der Waals surface area contributed by atoms with Gasteiger partial charge in [-0.2, -0.15) is 0 Å². The van der Waals surface area contributed by atoms with Crippen LogP contribution in [0.5, 0.6) is 0 Å². The molecule has 0 amide bonds. The van der Waals surface area contributed by atoms with E-state index in [4.69, 9.17) is 0 Å². The van der Waals surface area contributed by atoms with Gasteiger partial charge in [-0.25, -0.2) is 0 Å². The van der Waals surface area contributed by atoms with E-state index in [0.717, 1.165) is 36.1 Å². The Bertz CT molecular complexity index is 520. The summed E-state index contributed by atoms with van der Waals surface area (Å²) < 4.78 is 0.798. The summed E-state index contributed by atoms with van der Waals surface area (Å²) >= 11 is 3.39. The zero-order chi connectivity index (χ0) is 16.5. The van der Waals surface area contributed by atoms with Crippen LogP contribution in [0.25, 0.3) is 0 Å². The average molecular weight is 365 g/mol. The van der Waals surface area contributed by atoms with Crippen molar-refractivity contribution in [1.29, 1.82) is 0 Å². The second-order valence-electron chi connectivity index (χ2n) is 5.73. The summed E-state index contributed by atoms with van der Waals surface area (Å²) in [5.74, 6) is 0.531. The second kappa shape index (κ2) is 9.73. The molecule has 0 aliphatic rings. The summed E-state index contributed by atoms with van der Waals surface area (Å²) in [7, 11) is 0. The zero-order valence-corrected chi connectivity index (χ0v) is 15.9. The molecule has 0 fully saturated rings. The fourth-order valence-corrected chi connectivity index (χ4v) is 2.65. The third-order valence-corrected chi connectivity index (χ3v) is 4.06. The van der Waals surface area contributed by atoms with Gasteiger partial charge in [0, 0.05) is 17.9 Å². The lowest BCUT2D eigenvalue weighted by Crippen LogP contribution is -2.15. The molecule has 0 saturated carbocycles. The second-order valence-corrected chi connectivity index (χ2v) is 6.69. The van der Waals surface area contributed by atoms with Crippen LogP contribution >= 0.6 is 15.9 Å². The molecule has 22 heavy (non-hydrogen) atoms. The molecule has 0 heterocycles. The zero-order valence-electron chi connectivity index (χ0n) is 14.3. The summed E-state index contributed by atoms with van der Waals surface area (Å²) in [6.45, 7) is 13.6. The molecule has 0 aliphatic carbocycles. The molecule has 2 N–H and O–H groups in total. The summed E-state index contributed by atoms with van der Waals surface area (Å²) in [6.07, 6.45) is 5.46. The van der Waals surface area contributed by atoms with Crippen molar-refractivity contribution in [3.8, 4) is 0 Å². The molecule has 0 spiro atoms. The molecular weight excluding hydrogens is 336 g/mol. The first kappa shape index (κ1) is 18.8. The van der Waals surface area contributed by atoms with Crippen molar-refractivity contribution >= 4 is 21.6 Å². The predicted octanol–water partition coefficient (Wildman–Crippen LogP) is 5.92. The van der Waals surface area contributed by atoms with Crippen molar-refractivity contribution in [2.45, 2.75) is 52.9 Å². The van der Waals surface area contributed by atoms with E-state index in [1.807, 2.05) is 0 Å². The topological polar surface area (TPSA) is 24.1 Å². The molecule has 3 heteroatoms. The summed E-state index contributed by atoms with van der Waals surface area (Å²) in [5, 5.41) is 6.77. The number of nitrogens with one attached hydrogen (secondary N) is 2. The van der Waals surface area contributed by atoms with Crippen LogP contribution in [-0.2, 0) is 6.42 Å². The molecule has 122 valence electrons. The standard InChI is InChI=1S/C19H29BrN2/c1-6-8-15(4)21-12-11-17-9-10-19(22-16(5)20)18(13-17)14(3)7-2/h8-10,13-14,21-22H,5-7,11-12H2,1-4H3/b15-8-. The van der Waals surface area contributed by atoms with Gasteiger partial charge < -0.3 is 10.6 Å². The van der Waals surface area contributed by atoms with Gasteiger partial charge in [-0.05, 0) is 65.2 Å². The molecule has 0 saturated heterocycles. The first-order chi connectivity index (χ1) is 10.5. The van der Waals surface area contributed by atoms with Crippen molar-refractivity contribution in [2.75, 3.05) is 11.9 Å². The highest BCUT2D eigenvalue weighted by atomic mass is 79.9. The molecule has 1 aromatic carbocycles. The first-order valence-corrected chi connectivity index (χ1v) is 8.92. The lowest BCUT2D eigenvalue weighted by Gasteiger charge is -2.18. The van der Waals surface area contributed by atoms with E-state index in [0.29, 0.717) is 5.92 Å². The van der Waals surface area contributed by atoms with Crippen LogP contribution in [-0.4, -0.2) is 6.54 Å². The lowest BCUT2D eigenvalue weighted by molar-refractivity contribution is 0.730. The van der Waals surface area contributed by atoms with E-state index in [2.05, 4.69) is 85.1 Å². The summed E-state index contributed by atoms with van der Waals surface area (Å²) in [5.41, 5.74) is 5.15. The average Bonchev–Trinajstić information content (AvgIpc) is 2.47. The third kappa shape index (κ3) is 6.27. The van der Waals surface area contributed by atoms with Crippen LogP contribution in [0.15, 0.2) is 41.2 Å². The summed E-state index contributed by atoms with van der Waals surface area (Å²) in [6, 6.07) is 6.69. The number of rotatable bonds is 9. The van der Waals surface area contributed by atoms with Crippen LogP contribution in [0.4, 0.5) is 5.69 Å². The normalized spacial score (nSPS) is 12.9. The Balaban J connectivity index is 2.80. The molecule has 0 aromatic heterocycles. The maximum atomic E-state index is 3.87. The molecule has 0 radical (unpaired) electrons. The molecule has 0 aliphatic heterocycles. The number of hydrogen-bond acceptors (Lipinski definition) is 2. The van der Waals surface area contributed by atoms with Crippen molar-refractivity contribution in [3.05, 3.63) is 52.3 Å². The molecule has 1 aromatic rings. The Hall–Kier alpha value is -1.22. The number of hydrogen-bond donors (Lipinski definition) is 2. The van der Waals surface area contributed by atoms with Crippen molar-refractivity contribution in [3.63, 3.8) is 0 Å². The van der Waals surface area contributed by atoms with Crippen LogP contribution in [0.3, 0.4) is 0 Å². The fourth-order valence-electron chi connectivity index (χ4n) is 2.44.